The van der Waals surface area contributed by atoms with Gasteiger partial charge < -0.3 is 9.47 Å². The van der Waals surface area contributed by atoms with E-state index in [0.29, 0.717) is 6.61 Å². The summed E-state index contributed by atoms with van der Waals surface area (Å²) in [6.45, 7) is 14.0. The van der Waals surface area contributed by atoms with Gasteiger partial charge in [0.05, 0.1) is 0 Å². The molecule has 0 radical (unpaired) electrons. The lowest BCUT2D eigenvalue weighted by Gasteiger charge is -2.28. The summed E-state index contributed by atoms with van der Waals surface area (Å²) >= 11 is 0. The van der Waals surface area contributed by atoms with Crippen LogP contribution in [0.4, 0.5) is 0 Å². The van der Waals surface area contributed by atoms with Crippen LogP contribution in [0.15, 0.2) is 97.1 Å². The maximum atomic E-state index is 6.06. The van der Waals surface area contributed by atoms with Crippen molar-refractivity contribution in [3.05, 3.63) is 125 Å². The van der Waals surface area contributed by atoms with Gasteiger partial charge in [0.25, 0.3) is 0 Å². The molecule has 0 aliphatic rings. The average molecular weight is 479 g/mol. The molecule has 4 aromatic carbocycles. The van der Waals surface area contributed by atoms with Gasteiger partial charge in [0, 0.05) is 5.41 Å². The van der Waals surface area contributed by atoms with Gasteiger partial charge in [-0.25, -0.2) is 0 Å². The SMILES string of the molecule is CCc1ccc(Oc2ccc(COc3ccc(C(C)(C)c4ccc(C(C)(C)C)cc4)cc3)cc2)cc1. The standard InChI is InChI=1S/C34H38O2/c1-7-25-8-18-31(19-9-25)36-32-20-10-26(11-21-32)24-35-30-22-16-29(17-23-30)34(5,6)28-14-12-27(13-15-28)33(2,3)4/h8-23H,7,24H2,1-6H3. The number of ether oxygens (including phenoxy) is 2. The molecule has 0 fully saturated rings. The molecule has 0 amide bonds. The molecule has 0 heterocycles. The van der Waals surface area contributed by atoms with Crippen LogP contribution in [0, 0.1) is 0 Å². The predicted octanol–water partition coefficient (Wildman–Crippen LogP) is 9.24. The highest BCUT2D eigenvalue weighted by atomic mass is 16.5. The van der Waals surface area contributed by atoms with Crippen LogP contribution in [0.3, 0.4) is 0 Å². The predicted molar refractivity (Wildman–Crippen MR) is 150 cm³/mol. The summed E-state index contributed by atoms with van der Waals surface area (Å²) in [5.74, 6) is 2.54. The summed E-state index contributed by atoms with van der Waals surface area (Å²) in [6.07, 6.45) is 1.03. The van der Waals surface area contributed by atoms with Crippen molar-refractivity contribution in [2.24, 2.45) is 0 Å². The summed E-state index contributed by atoms with van der Waals surface area (Å²) in [4.78, 5) is 0. The van der Waals surface area contributed by atoms with E-state index in [1.807, 2.05) is 24.3 Å². The number of aryl methyl sites for hydroxylation is 1. The largest absolute Gasteiger partial charge is 0.489 e. The van der Waals surface area contributed by atoms with E-state index in [-0.39, 0.29) is 10.8 Å². The van der Waals surface area contributed by atoms with Crippen LogP contribution >= 0.6 is 0 Å². The van der Waals surface area contributed by atoms with Gasteiger partial charge >= 0.3 is 0 Å². The molecule has 4 aromatic rings. The third kappa shape index (κ3) is 6.18. The van der Waals surface area contributed by atoms with Crippen molar-refractivity contribution in [3.8, 4) is 17.2 Å². The van der Waals surface area contributed by atoms with E-state index in [1.54, 1.807) is 0 Å². The summed E-state index contributed by atoms with van der Waals surface area (Å²) in [5.41, 5.74) is 6.43. The Morgan fingerprint density at radius 3 is 1.39 bits per heavy atom. The van der Waals surface area contributed by atoms with Crippen LogP contribution in [0.1, 0.15) is 69.4 Å². The first-order chi connectivity index (χ1) is 17.1. The molecule has 0 N–H and O–H groups in total. The molecule has 0 saturated carbocycles. The van der Waals surface area contributed by atoms with Crippen molar-refractivity contribution in [3.63, 3.8) is 0 Å². The van der Waals surface area contributed by atoms with Crippen LogP contribution < -0.4 is 9.47 Å². The van der Waals surface area contributed by atoms with E-state index in [2.05, 4.69) is 114 Å². The molecule has 0 aliphatic carbocycles. The van der Waals surface area contributed by atoms with Crippen LogP contribution in [-0.2, 0) is 23.9 Å². The van der Waals surface area contributed by atoms with Crippen LogP contribution in [0.5, 0.6) is 17.2 Å². The highest BCUT2D eigenvalue weighted by Crippen LogP contribution is 2.34. The molecule has 0 aromatic heterocycles. The number of hydrogen-bond donors (Lipinski definition) is 0. The van der Waals surface area contributed by atoms with Crippen molar-refractivity contribution < 1.29 is 9.47 Å². The molecule has 36 heavy (non-hydrogen) atoms. The summed E-state index contributed by atoms with van der Waals surface area (Å²) in [5, 5.41) is 0. The lowest BCUT2D eigenvalue weighted by Crippen LogP contribution is -2.19. The molecule has 0 unspecified atom stereocenters. The molecule has 2 nitrogen and oxygen atoms in total. The van der Waals surface area contributed by atoms with Crippen molar-refractivity contribution in [1.29, 1.82) is 0 Å². The number of hydrogen-bond acceptors (Lipinski definition) is 2. The zero-order valence-electron chi connectivity index (χ0n) is 22.5. The molecule has 4 rings (SSSR count). The maximum Gasteiger partial charge on any atom is 0.127 e. The van der Waals surface area contributed by atoms with Crippen molar-refractivity contribution in [2.45, 2.75) is 65.4 Å². The second-order valence-electron chi connectivity index (χ2n) is 11.0. The Labute approximate surface area is 216 Å². The van der Waals surface area contributed by atoms with Crippen LogP contribution in [0.2, 0.25) is 0 Å². The van der Waals surface area contributed by atoms with Gasteiger partial charge in [-0.2, -0.15) is 0 Å². The Bertz CT molecular complexity index is 1240. The summed E-state index contributed by atoms with van der Waals surface area (Å²) < 4.78 is 12.0. The molecule has 0 aliphatic heterocycles. The highest BCUT2D eigenvalue weighted by molar-refractivity contribution is 5.42. The first-order valence-electron chi connectivity index (χ1n) is 12.9. The van der Waals surface area contributed by atoms with Gasteiger partial charge in [0.2, 0.25) is 0 Å². The summed E-state index contributed by atoms with van der Waals surface area (Å²) in [6, 6.07) is 33.8. The van der Waals surface area contributed by atoms with Crippen molar-refractivity contribution in [1.82, 2.24) is 0 Å². The minimum absolute atomic E-state index is 0.0817. The zero-order chi connectivity index (χ0) is 25.8. The Morgan fingerprint density at radius 2 is 0.917 bits per heavy atom. The fourth-order valence-electron chi connectivity index (χ4n) is 4.27. The van der Waals surface area contributed by atoms with E-state index in [9.17, 15) is 0 Å². The Kier molecular flexibility index (Phi) is 7.54. The maximum absolute atomic E-state index is 6.06. The molecule has 0 spiro atoms. The molecule has 0 bridgehead atoms. The van der Waals surface area contributed by atoms with Crippen LogP contribution in [0.25, 0.3) is 0 Å². The van der Waals surface area contributed by atoms with Crippen LogP contribution in [-0.4, -0.2) is 0 Å². The molecule has 0 atom stereocenters. The molecule has 0 saturated heterocycles. The van der Waals surface area contributed by atoms with Gasteiger partial charge in [0.1, 0.15) is 23.9 Å². The fraction of sp³-hybridized carbons (Fsp3) is 0.294. The number of rotatable bonds is 8. The van der Waals surface area contributed by atoms with Crippen molar-refractivity contribution in [2.75, 3.05) is 0 Å². The smallest absolute Gasteiger partial charge is 0.127 e. The molecule has 186 valence electrons. The Balaban J connectivity index is 1.35. The molecular weight excluding hydrogens is 440 g/mol. The van der Waals surface area contributed by atoms with Gasteiger partial charge in [0.15, 0.2) is 0 Å². The van der Waals surface area contributed by atoms with E-state index in [0.717, 1.165) is 29.2 Å². The topological polar surface area (TPSA) is 18.5 Å². The third-order valence-electron chi connectivity index (χ3n) is 6.94. The highest BCUT2D eigenvalue weighted by Gasteiger charge is 2.24. The lowest BCUT2D eigenvalue weighted by molar-refractivity contribution is 0.306. The minimum atomic E-state index is -0.0817. The van der Waals surface area contributed by atoms with Gasteiger partial charge in [-0.3, -0.25) is 0 Å². The van der Waals surface area contributed by atoms with Crippen molar-refractivity contribution >= 4 is 0 Å². The first kappa shape index (κ1) is 25.6. The van der Waals surface area contributed by atoms with Gasteiger partial charge in [-0.05, 0) is 76.1 Å². The average Bonchev–Trinajstić information content (AvgIpc) is 2.88. The quantitative estimate of drug-likeness (QED) is 0.251. The van der Waals surface area contributed by atoms with E-state index in [4.69, 9.17) is 9.47 Å². The third-order valence-corrected chi connectivity index (χ3v) is 6.94. The lowest BCUT2D eigenvalue weighted by atomic mass is 9.77. The summed E-state index contributed by atoms with van der Waals surface area (Å²) in [7, 11) is 0. The van der Waals surface area contributed by atoms with E-state index in [1.165, 1.54) is 22.3 Å². The second kappa shape index (κ2) is 10.6. The minimum Gasteiger partial charge on any atom is -0.489 e. The first-order valence-corrected chi connectivity index (χ1v) is 12.9. The Hall–Kier alpha value is -3.52. The Morgan fingerprint density at radius 1 is 0.500 bits per heavy atom. The second-order valence-corrected chi connectivity index (χ2v) is 11.0. The van der Waals surface area contributed by atoms with Gasteiger partial charge in [-0.15, -0.1) is 0 Å². The monoisotopic (exact) mass is 478 g/mol. The number of benzene rings is 4. The normalized spacial score (nSPS) is 11.8. The fourth-order valence-corrected chi connectivity index (χ4v) is 4.27. The van der Waals surface area contributed by atoms with E-state index < -0.39 is 0 Å². The molecule has 2 heteroatoms. The van der Waals surface area contributed by atoms with Gasteiger partial charge in [-0.1, -0.05) is 102 Å². The zero-order valence-corrected chi connectivity index (χ0v) is 22.5. The molecular formula is C34H38O2. The van der Waals surface area contributed by atoms with E-state index >= 15 is 0 Å².